The molecule has 202 valence electrons. The van der Waals surface area contributed by atoms with E-state index in [1.807, 2.05) is 31.2 Å². The number of amides is 1. The largest absolute Gasteiger partial charge is 0.478 e. The molecule has 5 aromatic rings. The average Bonchev–Trinajstić information content (AvgIpc) is 3.37. The minimum atomic E-state index is -1.23. The van der Waals surface area contributed by atoms with E-state index >= 15 is 0 Å². The summed E-state index contributed by atoms with van der Waals surface area (Å²) in [4.78, 5) is 33.6. The number of aromatic nitrogens is 2. The van der Waals surface area contributed by atoms with Crippen molar-refractivity contribution < 1.29 is 19.1 Å². The van der Waals surface area contributed by atoms with Crippen LogP contribution in [0.5, 0.6) is 0 Å². The molecule has 0 saturated heterocycles. The molecular weight excluding hydrogens is 552 g/mol. The quantitative estimate of drug-likeness (QED) is 0.173. The highest BCUT2D eigenvalue weighted by molar-refractivity contribution is 6.34. The molecule has 6 nitrogen and oxygen atoms in total. The number of nitrogens with zero attached hydrogens (tertiary/aromatic N) is 1. The molecule has 4 aromatic carbocycles. The van der Waals surface area contributed by atoms with Gasteiger partial charge in [-0.3, -0.25) is 4.79 Å². The fraction of sp³-hybridized carbons (Fsp3) is 0.129. The van der Waals surface area contributed by atoms with Gasteiger partial charge in [-0.05, 0) is 54.4 Å². The summed E-state index contributed by atoms with van der Waals surface area (Å²) in [6.07, 6.45) is 1.16. The molecule has 1 heterocycles. The van der Waals surface area contributed by atoms with E-state index in [0.717, 1.165) is 11.0 Å². The lowest BCUT2D eigenvalue weighted by atomic mass is 9.93. The number of aromatic carboxylic acids is 1. The molecule has 0 radical (unpaired) electrons. The Morgan fingerprint density at radius 2 is 1.80 bits per heavy atom. The molecule has 9 heteroatoms. The monoisotopic (exact) mass is 575 g/mol. The van der Waals surface area contributed by atoms with Crippen LogP contribution in [0.15, 0.2) is 78.9 Å². The number of carbonyl (C=O) groups excluding carboxylic acids is 1. The zero-order valence-corrected chi connectivity index (χ0v) is 22.9. The number of nitrogens with one attached hydrogen (secondary N) is 2. The van der Waals surface area contributed by atoms with E-state index < -0.39 is 23.7 Å². The Hall–Kier alpha value is -4.20. The van der Waals surface area contributed by atoms with Crippen molar-refractivity contribution in [1.82, 2.24) is 15.3 Å². The molecule has 0 spiro atoms. The average molecular weight is 576 g/mol. The number of hydrogen-bond donors (Lipinski definition) is 3. The summed E-state index contributed by atoms with van der Waals surface area (Å²) in [6, 6.07) is 20.9. The SMILES string of the molecule is CCCC(NC(=O)c1ccc(-c2c(Cl)cccc2-c2nc3ccccc3[nH]2)c(C(=O)O)c1)c1ccc(Cl)cc1F. The maximum absolute atomic E-state index is 14.6. The second-order valence-electron chi connectivity index (χ2n) is 9.31. The maximum Gasteiger partial charge on any atom is 0.336 e. The van der Waals surface area contributed by atoms with Crippen molar-refractivity contribution in [3.63, 3.8) is 0 Å². The summed E-state index contributed by atoms with van der Waals surface area (Å²) in [6.45, 7) is 1.92. The molecule has 0 aliphatic heterocycles. The molecule has 1 aromatic heterocycles. The molecule has 0 aliphatic carbocycles. The number of H-pyrrole nitrogens is 1. The molecular formula is C31H24Cl2FN3O3. The summed E-state index contributed by atoms with van der Waals surface area (Å²) in [5, 5.41) is 13.6. The lowest BCUT2D eigenvalue weighted by Gasteiger charge is -2.20. The summed E-state index contributed by atoms with van der Waals surface area (Å²) in [5.74, 6) is -1.75. The predicted octanol–water partition coefficient (Wildman–Crippen LogP) is 8.31. The van der Waals surface area contributed by atoms with Gasteiger partial charge in [0.05, 0.1) is 22.6 Å². The molecule has 0 saturated carbocycles. The van der Waals surface area contributed by atoms with E-state index in [1.54, 1.807) is 36.4 Å². The van der Waals surface area contributed by atoms with Gasteiger partial charge in [-0.2, -0.15) is 0 Å². The Morgan fingerprint density at radius 1 is 1.00 bits per heavy atom. The van der Waals surface area contributed by atoms with Gasteiger partial charge in [0.2, 0.25) is 0 Å². The normalized spacial score (nSPS) is 11.9. The van der Waals surface area contributed by atoms with Gasteiger partial charge in [-0.1, -0.05) is 72.9 Å². The number of fused-ring (bicyclic) bond motifs is 1. The van der Waals surface area contributed by atoms with Gasteiger partial charge < -0.3 is 15.4 Å². The number of carboxylic acid groups (broad SMARTS) is 1. The van der Waals surface area contributed by atoms with Crippen LogP contribution in [0.2, 0.25) is 10.0 Å². The number of aromatic amines is 1. The number of halogens is 3. The summed E-state index contributed by atoms with van der Waals surface area (Å²) in [5.41, 5.74) is 3.32. The van der Waals surface area contributed by atoms with Crippen molar-refractivity contribution in [1.29, 1.82) is 0 Å². The number of carbonyl (C=O) groups is 2. The molecule has 0 aliphatic rings. The van der Waals surface area contributed by atoms with Crippen LogP contribution in [0.1, 0.15) is 52.1 Å². The van der Waals surface area contributed by atoms with Gasteiger partial charge >= 0.3 is 5.97 Å². The number of hydrogen-bond acceptors (Lipinski definition) is 3. The van der Waals surface area contributed by atoms with Crippen molar-refractivity contribution in [2.24, 2.45) is 0 Å². The van der Waals surface area contributed by atoms with Crippen molar-refractivity contribution in [2.45, 2.75) is 25.8 Å². The van der Waals surface area contributed by atoms with Crippen LogP contribution < -0.4 is 5.32 Å². The highest BCUT2D eigenvalue weighted by Crippen LogP contribution is 2.39. The molecule has 0 bridgehead atoms. The smallest absolute Gasteiger partial charge is 0.336 e. The number of para-hydroxylation sites is 2. The van der Waals surface area contributed by atoms with Crippen LogP contribution >= 0.6 is 23.2 Å². The van der Waals surface area contributed by atoms with Crippen LogP contribution in [-0.2, 0) is 0 Å². The number of carboxylic acids is 1. The first-order valence-corrected chi connectivity index (χ1v) is 13.4. The fourth-order valence-corrected chi connectivity index (χ4v) is 5.21. The third kappa shape index (κ3) is 5.43. The second-order valence-corrected chi connectivity index (χ2v) is 10.2. The zero-order valence-electron chi connectivity index (χ0n) is 21.3. The Kier molecular flexibility index (Phi) is 7.87. The lowest BCUT2D eigenvalue weighted by molar-refractivity contribution is 0.0697. The third-order valence-corrected chi connectivity index (χ3v) is 7.21. The summed E-state index contributed by atoms with van der Waals surface area (Å²) < 4.78 is 14.6. The minimum absolute atomic E-state index is 0.108. The molecule has 1 atom stereocenters. The lowest BCUT2D eigenvalue weighted by Crippen LogP contribution is -2.29. The van der Waals surface area contributed by atoms with Crippen molar-refractivity contribution in [2.75, 3.05) is 0 Å². The van der Waals surface area contributed by atoms with Gasteiger partial charge in [0.15, 0.2) is 0 Å². The van der Waals surface area contributed by atoms with Crippen LogP contribution in [0, 0.1) is 5.82 Å². The topological polar surface area (TPSA) is 95.1 Å². The minimum Gasteiger partial charge on any atom is -0.478 e. The number of rotatable bonds is 8. The first-order valence-electron chi connectivity index (χ1n) is 12.6. The van der Waals surface area contributed by atoms with Gasteiger partial charge in [0.1, 0.15) is 11.6 Å². The molecule has 40 heavy (non-hydrogen) atoms. The molecule has 5 rings (SSSR count). The molecule has 3 N–H and O–H groups in total. The highest BCUT2D eigenvalue weighted by atomic mass is 35.5. The van der Waals surface area contributed by atoms with E-state index in [0.29, 0.717) is 45.9 Å². The highest BCUT2D eigenvalue weighted by Gasteiger charge is 2.23. The molecule has 1 unspecified atom stereocenters. The third-order valence-electron chi connectivity index (χ3n) is 6.66. The van der Waals surface area contributed by atoms with E-state index in [2.05, 4.69) is 15.3 Å². The predicted molar refractivity (Wildman–Crippen MR) is 155 cm³/mol. The van der Waals surface area contributed by atoms with Crippen LogP contribution in [0.4, 0.5) is 4.39 Å². The fourth-order valence-electron chi connectivity index (χ4n) is 4.78. The first kappa shape index (κ1) is 27.4. The van der Waals surface area contributed by atoms with Crippen molar-refractivity contribution >= 4 is 46.1 Å². The Morgan fingerprint density at radius 3 is 2.52 bits per heavy atom. The summed E-state index contributed by atoms with van der Waals surface area (Å²) in [7, 11) is 0. The van der Waals surface area contributed by atoms with Gasteiger partial charge in [0.25, 0.3) is 5.91 Å². The Bertz CT molecular complexity index is 1720. The zero-order chi connectivity index (χ0) is 28.4. The van der Waals surface area contributed by atoms with Crippen LogP contribution in [-0.4, -0.2) is 27.0 Å². The number of benzene rings is 4. The maximum atomic E-state index is 14.6. The van der Waals surface area contributed by atoms with Crippen molar-refractivity contribution in [3.05, 3.63) is 111 Å². The second kappa shape index (κ2) is 11.5. The number of imidazole rings is 1. The van der Waals surface area contributed by atoms with Crippen molar-refractivity contribution in [3.8, 4) is 22.5 Å². The van der Waals surface area contributed by atoms with E-state index in [4.69, 9.17) is 23.2 Å². The molecule has 0 fully saturated rings. The van der Waals surface area contributed by atoms with Crippen LogP contribution in [0.3, 0.4) is 0 Å². The van der Waals surface area contributed by atoms with Gasteiger partial charge in [0, 0.05) is 32.3 Å². The summed E-state index contributed by atoms with van der Waals surface area (Å²) >= 11 is 12.5. The Labute approximate surface area is 239 Å². The van der Waals surface area contributed by atoms with E-state index in [1.165, 1.54) is 18.2 Å². The van der Waals surface area contributed by atoms with Gasteiger partial charge in [-0.15, -0.1) is 0 Å². The Balaban J connectivity index is 1.54. The molecule has 1 amide bonds. The van der Waals surface area contributed by atoms with E-state index in [-0.39, 0.29) is 16.1 Å². The van der Waals surface area contributed by atoms with E-state index in [9.17, 15) is 19.1 Å². The van der Waals surface area contributed by atoms with Crippen LogP contribution in [0.25, 0.3) is 33.5 Å². The first-order chi connectivity index (χ1) is 19.3. The van der Waals surface area contributed by atoms with Gasteiger partial charge in [-0.25, -0.2) is 14.2 Å². The standard InChI is InChI=1S/C31H24Cl2FN3O3/c1-2-6-25(20-14-12-18(32)16-24(20)34)37-30(38)17-11-13-19(22(15-17)31(39)40)28-21(7-5-8-23(28)33)29-35-26-9-3-4-10-27(26)36-29/h3-5,7-16,25H,2,6H2,1H3,(H,35,36)(H,37,38)(H,39,40).